The van der Waals surface area contributed by atoms with Crippen molar-refractivity contribution >= 4 is 11.8 Å². The van der Waals surface area contributed by atoms with Gasteiger partial charge >= 0.3 is 6.03 Å². The highest BCUT2D eigenvalue weighted by atomic mass is 16.5. The average molecular weight is 342 g/mol. The Hall–Kier alpha value is -2.24. The number of carbonyl (C=O) groups excluding carboxylic acids is 1. The lowest BCUT2D eigenvalue weighted by atomic mass is 10.2. The summed E-state index contributed by atoms with van der Waals surface area (Å²) >= 11 is 0. The molecule has 3 aliphatic rings. The maximum Gasteiger partial charge on any atom is 0.317 e. The molecule has 2 amide bonds. The van der Waals surface area contributed by atoms with Crippen LogP contribution < -0.4 is 15.0 Å². The van der Waals surface area contributed by atoms with Gasteiger partial charge in [-0.1, -0.05) is 12.2 Å². The number of rotatable bonds is 4. The smallest absolute Gasteiger partial charge is 0.317 e. The summed E-state index contributed by atoms with van der Waals surface area (Å²) in [4.78, 5) is 21.1. The molecule has 0 radical (unpaired) electrons. The van der Waals surface area contributed by atoms with E-state index >= 15 is 0 Å². The minimum absolute atomic E-state index is 0.0331. The van der Waals surface area contributed by atoms with Crippen LogP contribution in [0.5, 0.6) is 5.75 Å². The fraction of sp³-hybridized carbons (Fsp3) is 0.579. The molecule has 4 rings (SSSR count). The van der Waals surface area contributed by atoms with E-state index in [-0.39, 0.29) is 18.2 Å². The Kier molecular flexibility index (Phi) is 4.76. The molecule has 0 spiro atoms. The Morgan fingerprint density at radius 2 is 2.00 bits per heavy atom. The Bertz CT molecular complexity index is 634. The first-order valence-electron chi connectivity index (χ1n) is 9.36. The van der Waals surface area contributed by atoms with E-state index in [1.807, 2.05) is 23.2 Å². The van der Waals surface area contributed by atoms with Crippen LogP contribution in [0.15, 0.2) is 30.5 Å². The lowest BCUT2D eigenvalue weighted by molar-refractivity contribution is 0.184. The fourth-order valence-corrected chi connectivity index (χ4v) is 3.83. The van der Waals surface area contributed by atoms with Crippen molar-refractivity contribution in [3.05, 3.63) is 30.5 Å². The topological polar surface area (TPSA) is 57.7 Å². The number of anilines is 1. The molecular weight excluding hydrogens is 316 g/mol. The summed E-state index contributed by atoms with van der Waals surface area (Å²) in [6.07, 6.45) is 11.3. The summed E-state index contributed by atoms with van der Waals surface area (Å²) in [7, 11) is 0. The number of likely N-dealkylation sites (tertiary alicyclic amines) is 1. The third kappa shape index (κ3) is 3.72. The second-order valence-corrected chi connectivity index (χ2v) is 7.08. The zero-order chi connectivity index (χ0) is 17.1. The molecule has 2 fully saturated rings. The first kappa shape index (κ1) is 16.2. The largest absolute Gasteiger partial charge is 0.485 e. The van der Waals surface area contributed by atoms with Crippen LogP contribution in [0, 0.1) is 0 Å². The minimum atomic E-state index is 0.0331. The van der Waals surface area contributed by atoms with Gasteiger partial charge < -0.3 is 19.9 Å². The molecular formula is C19H26N4O2. The zero-order valence-electron chi connectivity index (χ0n) is 14.6. The number of hydrogen-bond acceptors (Lipinski definition) is 4. The summed E-state index contributed by atoms with van der Waals surface area (Å²) in [6, 6.07) is 4.20. The maximum atomic E-state index is 12.4. The highest BCUT2D eigenvalue weighted by Gasteiger charge is 2.30. The van der Waals surface area contributed by atoms with Crippen LogP contribution in [0.3, 0.4) is 0 Å². The minimum Gasteiger partial charge on any atom is -0.485 e. The van der Waals surface area contributed by atoms with E-state index in [0.717, 1.165) is 50.5 Å². The third-order valence-corrected chi connectivity index (χ3v) is 5.22. The number of urea groups is 1. The van der Waals surface area contributed by atoms with Crippen molar-refractivity contribution in [1.82, 2.24) is 15.2 Å². The summed E-state index contributed by atoms with van der Waals surface area (Å²) in [5.74, 6) is 1.79. The fourth-order valence-electron chi connectivity index (χ4n) is 3.83. The predicted molar refractivity (Wildman–Crippen MR) is 97.0 cm³/mol. The molecule has 3 heterocycles. The van der Waals surface area contributed by atoms with Crippen LogP contribution in [0.1, 0.15) is 32.1 Å². The van der Waals surface area contributed by atoms with E-state index in [4.69, 9.17) is 4.74 Å². The molecule has 6 nitrogen and oxygen atoms in total. The van der Waals surface area contributed by atoms with Gasteiger partial charge in [0.2, 0.25) is 0 Å². The monoisotopic (exact) mass is 342 g/mol. The average Bonchev–Trinajstić information content (AvgIpc) is 3.38. The van der Waals surface area contributed by atoms with Gasteiger partial charge in [-0.25, -0.2) is 9.78 Å². The number of amides is 2. The first-order valence-corrected chi connectivity index (χ1v) is 9.36. The van der Waals surface area contributed by atoms with E-state index in [1.54, 1.807) is 0 Å². The molecule has 1 aliphatic carbocycles. The normalized spacial score (nSPS) is 23.4. The Balaban J connectivity index is 1.34. The highest BCUT2D eigenvalue weighted by Crippen LogP contribution is 2.30. The van der Waals surface area contributed by atoms with E-state index in [0.29, 0.717) is 6.54 Å². The summed E-state index contributed by atoms with van der Waals surface area (Å²) in [5.41, 5.74) is 0. The van der Waals surface area contributed by atoms with Crippen LogP contribution in [-0.4, -0.2) is 54.2 Å². The SMILES string of the molecule is O=C(NC1CC=CC1)N1CCC(Oc2cccnc2N2CCCC2)C1. The van der Waals surface area contributed by atoms with Crippen molar-refractivity contribution in [2.45, 2.75) is 44.2 Å². The van der Waals surface area contributed by atoms with Gasteiger partial charge in [0.15, 0.2) is 11.6 Å². The van der Waals surface area contributed by atoms with Crippen molar-refractivity contribution < 1.29 is 9.53 Å². The molecule has 2 saturated heterocycles. The summed E-state index contributed by atoms with van der Waals surface area (Å²) < 4.78 is 6.23. The number of nitrogens with zero attached hydrogens (tertiary/aromatic N) is 3. The third-order valence-electron chi connectivity index (χ3n) is 5.22. The van der Waals surface area contributed by atoms with E-state index in [2.05, 4.69) is 27.4 Å². The zero-order valence-corrected chi connectivity index (χ0v) is 14.6. The Morgan fingerprint density at radius 1 is 1.20 bits per heavy atom. The molecule has 2 aliphatic heterocycles. The van der Waals surface area contributed by atoms with Gasteiger partial charge in [0, 0.05) is 38.3 Å². The van der Waals surface area contributed by atoms with Crippen LogP contribution in [-0.2, 0) is 0 Å². The molecule has 1 atom stereocenters. The van der Waals surface area contributed by atoms with Crippen molar-refractivity contribution in [2.75, 3.05) is 31.1 Å². The molecule has 1 aromatic heterocycles. The maximum absolute atomic E-state index is 12.4. The van der Waals surface area contributed by atoms with Gasteiger partial charge in [-0.05, 0) is 37.8 Å². The van der Waals surface area contributed by atoms with Gasteiger partial charge in [-0.2, -0.15) is 0 Å². The number of nitrogens with one attached hydrogen (secondary N) is 1. The molecule has 0 saturated carbocycles. The van der Waals surface area contributed by atoms with Crippen LogP contribution >= 0.6 is 0 Å². The number of aromatic nitrogens is 1. The second-order valence-electron chi connectivity index (χ2n) is 7.08. The molecule has 6 heteroatoms. The Morgan fingerprint density at radius 3 is 2.80 bits per heavy atom. The molecule has 1 N–H and O–H groups in total. The molecule has 1 aromatic rings. The Labute approximate surface area is 148 Å². The number of hydrogen-bond donors (Lipinski definition) is 1. The van der Waals surface area contributed by atoms with Crippen molar-refractivity contribution in [2.24, 2.45) is 0 Å². The standard InChI is InChI=1S/C19H26N4O2/c24-19(21-15-6-1-2-7-15)23-13-9-16(14-23)25-17-8-5-10-20-18(17)22-11-3-4-12-22/h1-2,5,8,10,15-16H,3-4,6-7,9,11-14H2,(H,21,24). The highest BCUT2D eigenvalue weighted by molar-refractivity contribution is 5.75. The van der Waals surface area contributed by atoms with Crippen LogP contribution in [0.25, 0.3) is 0 Å². The molecule has 0 bridgehead atoms. The van der Waals surface area contributed by atoms with Gasteiger partial charge in [0.05, 0.1) is 6.54 Å². The van der Waals surface area contributed by atoms with Gasteiger partial charge in [-0.3, -0.25) is 0 Å². The van der Waals surface area contributed by atoms with Gasteiger partial charge in [-0.15, -0.1) is 0 Å². The quantitative estimate of drug-likeness (QED) is 0.855. The number of pyridine rings is 1. The van der Waals surface area contributed by atoms with Gasteiger partial charge in [0.1, 0.15) is 6.10 Å². The second kappa shape index (κ2) is 7.33. The van der Waals surface area contributed by atoms with Crippen molar-refractivity contribution in [1.29, 1.82) is 0 Å². The lowest BCUT2D eigenvalue weighted by Crippen LogP contribution is -2.43. The lowest BCUT2D eigenvalue weighted by Gasteiger charge is -2.23. The molecule has 25 heavy (non-hydrogen) atoms. The molecule has 1 unspecified atom stereocenters. The summed E-state index contributed by atoms with van der Waals surface area (Å²) in [6.45, 7) is 3.47. The first-order chi connectivity index (χ1) is 12.3. The molecule has 0 aromatic carbocycles. The van der Waals surface area contributed by atoms with Crippen molar-refractivity contribution in [3.63, 3.8) is 0 Å². The van der Waals surface area contributed by atoms with Crippen LogP contribution in [0.4, 0.5) is 10.6 Å². The van der Waals surface area contributed by atoms with E-state index < -0.39 is 0 Å². The van der Waals surface area contributed by atoms with Crippen LogP contribution in [0.2, 0.25) is 0 Å². The van der Waals surface area contributed by atoms with Gasteiger partial charge in [0.25, 0.3) is 0 Å². The van der Waals surface area contributed by atoms with E-state index in [1.165, 1.54) is 12.8 Å². The van der Waals surface area contributed by atoms with E-state index in [9.17, 15) is 4.79 Å². The summed E-state index contributed by atoms with van der Waals surface area (Å²) in [5, 5.41) is 3.11. The predicted octanol–water partition coefficient (Wildman–Crippen LogP) is 2.56. The molecule has 134 valence electrons. The number of carbonyl (C=O) groups is 1. The number of ether oxygens (including phenoxy) is 1. The van der Waals surface area contributed by atoms with Crippen molar-refractivity contribution in [3.8, 4) is 5.75 Å².